The van der Waals surface area contributed by atoms with Crippen molar-refractivity contribution in [1.29, 1.82) is 0 Å². The van der Waals surface area contributed by atoms with E-state index in [1.807, 2.05) is 0 Å². The van der Waals surface area contributed by atoms with Crippen molar-refractivity contribution in [2.75, 3.05) is 13.2 Å². The van der Waals surface area contributed by atoms with Crippen molar-refractivity contribution >= 4 is 35.5 Å². The van der Waals surface area contributed by atoms with Crippen LogP contribution in [-0.2, 0) is 28.8 Å². The van der Waals surface area contributed by atoms with Crippen LogP contribution in [0.2, 0.25) is 0 Å². The molecule has 0 aliphatic rings. The number of nitrogens with one attached hydrogen (secondary N) is 5. The van der Waals surface area contributed by atoms with Gasteiger partial charge in [-0.1, -0.05) is 13.8 Å². The lowest BCUT2D eigenvalue weighted by atomic mass is 10.0. The number of carboxylic acid groups (broad SMARTS) is 1. The highest BCUT2D eigenvalue weighted by Crippen LogP contribution is 2.06. The minimum atomic E-state index is -1.47. The number of carbonyl (C=O) groups excluding carboxylic acids is 5. The van der Waals surface area contributed by atoms with E-state index in [4.69, 9.17) is 11.5 Å². The molecule has 0 aromatic carbocycles. The molecule has 0 rings (SSSR count). The number of aliphatic hydroxyl groups excluding tert-OH is 1. The predicted octanol–water partition coefficient (Wildman–Crippen LogP) is -3.34. The number of unbranched alkanes of at least 4 members (excludes halogenated alkanes) is 1. The van der Waals surface area contributed by atoms with Gasteiger partial charge in [0, 0.05) is 0 Å². The maximum absolute atomic E-state index is 12.8. The molecule has 0 heterocycles. The summed E-state index contributed by atoms with van der Waals surface area (Å²) in [5, 5.41) is 30.9. The summed E-state index contributed by atoms with van der Waals surface area (Å²) in [5.41, 5.74) is 10.9. The zero-order valence-electron chi connectivity index (χ0n) is 22.6. The Labute approximate surface area is 222 Å². The van der Waals surface area contributed by atoms with Crippen LogP contribution in [-0.4, -0.2) is 95.1 Å². The van der Waals surface area contributed by atoms with E-state index in [1.54, 1.807) is 13.8 Å². The Kier molecular flexibility index (Phi) is 15.8. The van der Waals surface area contributed by atoms with Gasteiger partial charge >= 0.3 is 5.97 Å². The second-order valence-corrected chi connectivity index (χ2v) is 9.41. The Morgan fingerprint density at radius 1 is 0.684 bits per heavy atom. The van der Waals surface area contributed by atoms with E-state index in [0.717, 1.165) is 0 Å². The van der Waals surface area contributed by atoms with Crippen molar-refractivity contribution in [3.8, 4) is 0 Å². The van der Waals surface area contributed by atoms with Crippen LogP contribution in [0.3, 0.4) is 0 Å². The van der Waals surface area contributed by atoms with Crippen LogP contribution < -0.4 is 38.1 Å². The first kappa shape index (κ1) is 34.7. The highest BCUT2D eigenvalue weighted by molar-refractivity contribution is 5.96. The monoisotopic (exact) mass is 545 g/mol. The number of hydrogen-bond donors (Lipinski definition) is 9. The summed E-state index contributed by atoms with van der Waals surface area (Å²) in [6, 6.07) is -6.77. The Morgan fingerprint density at radius 3 is 1.63 bits per heavy atom. The van der Waals surface area contributed by atoms with E-state index in [0.29, 0.717) is 19.4 Å². The first-order valence-electron chi connectivity index (χ1n) is 12.5. The number of nitrogens with two attached hydrogens (primary N) is 2. The summed E-state index contributed by atoms with van der Waals surface area (Å²) in [5.74, 6) is -5.36. The summed E-state index contributed by atoms with van der Waals surface area (Å²) < 4.78 is 0. The Morgan fingerprint density at radius 2 is 1.18 bits per heavy atom. The molecule has 0 fully saturated rings. The third-order valence-corrected chi connectivity index (χ3v) is 5.54. The van der Waals surface area contributed by atoms with Crippen molar-refractivity contribution in [3.63, 3.8) is 0 Å². The van der Waals surface area contributed by atoms with Crippen molar-refractivity contribution in [3.05, 3.63) is 0 Å². The lowest BCUT2D eigenvalue weighted by molar-refractivity contribution is -0.143. The molecule has 38 heavy (non-hydrogen) atoms. The van der Waals surface area contributed by atoms with Gasteiger partial charge < -0.3 is 48.3 Å². The van der Waals surface area contributed by atoms with E-state index in [9.17, 15) is 39.0 Å². The van der Waals surface area contributed by atoms with Gasteiger partial charge in [-0.15, -0.1) is 0 Å². The topological polar surface area (TPSA) is 255 Å². The van der Waals surface area contributed by atoms with Gasteiger partial charge in [0.05, 0.1) is 12.6 Å². The van der Waals surface area contributed by atoms with Crippen LogP contribution in [0, 0.1) is 5.92 Å². The number of aliphatic hydroxyl groups is 1. The molecule has 15 heteroatoms. The van der Waals surface area contributed by atoms with Gasteiger partial charge in [0.1, 0.15) is 30.2 Å². The van der Waals surface area contributed by atoms with Crippen LogP contribution in [0.4, 0.5) is 0 Å². The second kappa shape index (κ2) is 17.3. The smallest absolute Gasteiger partial charge is 0.326 e. The van der Waals surface area contributed by atoms with Gasteiger partial charge in [0.25, 0.3) is 0 Å². The number of amides is 5. The molecule has 0 unspecified atom stereocenters. The Bertz CT molecular complexity index is 837. The first-order valence-corrected chi connectivity index (χ1v) is 12.5. The van der Waals surface area contributed by atoms with E-state index in [-0.39, 0.29) is 6.42 Å². The van der Waals surface area contributed by atoms with Crippen LogP contribution in [0.25, 0.3) is 0 Å². The fourth-order valence-corrected chi connectivity index (χ4v) is 3.11. The highest BCUT2D eigenvalue weighted by atomic mass is 16.4. The highest BCUT2D eigenvalue weighted by Gasteiger charge is 2.32. The minimum Gasteiger partial charge on any atom is -0.480 e. The summed E-state index contributed by atoms with van der Waals surface area (Å²) in [6.45, 7) is 6.99. The molecule has 0 aliphatic heterocycles. The van der Waals surface area contributed by atoms with Gasteiger partial charge in [0.15, 0.2) is 0 Å². The average molecular weight is 546 g/mol. The maximum Gasteiger partial charge on any atom is 0.326 e. The third kappa shape index (κ3) is 12.3. The standard InChI is InChI=1S/C23H43N7O8/c1-11(2)17(22(36)28-15(23(37)38)8-6-7-9-24)30-21(35)16(10-31)29-20(34)14(5)27-19(33)13(4)26-18(32)12(3)25/h11-17,31H,6-10,24-25H2,1-5H3,(H,26,32)(H,27,33)(H,28,36)(H,29,34)(H,30,35)(H,37,38)/t12-,13-,14-,15-,16-,17-/m0/s1. The van der Waals surface area contributed by atoms with Gasteiger partial charge in [-0.25, -0.2) is 4.79 Å². The Balaban J connectivity index is 5.17. The zero-order valence-corrected chi connectivity index (χ0v) is 22.6. The van der Waals surface area contributed by atoms with Crippen LogP contribution in [0.5, 0.6) is 0 Å². The van der Waals surface area contributed by atoms with E-state index in [1.165, 1.54) is 20.8 Å². The lowest BCUT2D eigenvalue weighted by Gasteiger charge is -2.26. The Hall–Kier alpha value is -3.30. The largest absolute Gasteiger partial charge is 0.480 e. The molecule has 0 spiro atoms. The quantitative estimate of drug-likeness (QED) is 0.0821. The predicted molar refractivity (Wildman–Crippen MR) is 137 cm³/mol. The summed E-state index contributed by atoms with van der Waals surface area (Å²) in [4.78, 5) is 73.5. The molecular weight excluding hydrogens is 502 g/mol. The van der Waals surface area contributed by atoms with Crippen LogP contribution in [0.1, 0.15) is 53.9 Å². The summed E-state index contributed by atoms with van der Waals surface area (Å²) in [6.07, 6.45) is 1.22. The SMILES string of the molecule is CC(C)[C@H](NC(=O)[C@H](CO)NC(=O)[C@H](C)NC(=O)[C@H](C)NC(=O)[C@H](C)N)C(=O)N[C@@H](CCCCN)C(=O)O. The zero-order chi connectivity index (χ0) is 29.6. The molecule has 0 saturated heterocycles. The number of carbonyl (C=O) groups is 6. The minimum absolute atomic E-state index is 0.156. The van der Waals surface area contributed by atoms with E-state index < -0.39 is 84.3 Å². The van der Waals surface area contributed by atoms with E-state index in [2.05, 4.69) is 26.6 Å². The van der Waals surface area contributed by atoms with E-state index >= 15 is 0 Å². The number of hydrogen-bond acceptors (Lipinski definition) is 9. The van der Waals surface area contributed by atoms with Crippen LogP contribution >= 0.6 is 0 Å². The summed E-state index contributed by atoms with van der Waals surface area (Å²) in [7, 11) is 0. The second-order valence-electron chi connectivity index (χ2n) is 9.41. The molecule has 0 radical (unpaired) electrons. The van der Waals surface area contributed by atoms with Crippen molar-refractivity contribution in [1.82, 2.24) is 26.6 Å². The number of aliphatic carboxylic acids is 1. The molecule has 0 saturated carbocycles. The molecule has 0 bridgehead atoms. The molecule has 0 aromatic rings. The molecule has 15 nitrogen and oxygen atoms in total. The van der Waals surface area contributed by atoms with Crippen molar-refractivity contribution in [2.45, 2.75) is 90.1 Å². The molecule has 5 amide bonds. The molecule has 0 aromatic heterocycles. The van der Waals surface area contributed by atoms with Crippen molar-refractivity contribution < 1.29 is 39.0 Å². The van der Waals surface area contributed by atoms with Crippen molar-refractivity contribution in [2.24, 2.45) is 17.4 Å². The van der Waals surface area contributed by atoms with Gasteiger partial charge in [-0.05, 0) is 52.5 Å². The van der Waals surface area contributed by atoms with Crippen LogP contribution in [0.15, 0.2) is 0 Å². The lowest BCUT2D eigenvalue weighted by Crippen LogP contribution is -2.60. The average Bonchev–Trinajstić information content (AvgIpc) is 2.83. The molecule has 0 aliphatic carbocycles. The number of rotatable bonds is 17. The van der Waals surface area contributed by atoms with Gasteiger partial charge in [-0.2, -0.15) is 0 Å². The summed E-state index contributed by atoms with van der Waals surface area (Å²) >= 11 is 0. The molecule has 218 valence electrons. The normalized spacial score (nSPS) is 15.7. The fourth-order valence-electron chi connectivity index (χ4n) is 3.11. The third-order valence-electron chi connectivity index (χ3n) is 5.54. The maximum atomic E-state index is 12.8. The molecular formula is C23H43N7O8. The number of carboxylic acids is 1. The first-order chi connectivity index (χ1) is 17.7. The fraction of sp³-hybridized carbons (Fsp3) is 0.739. The van der Waals surface area contributed by atoms with Gasteiger partial charge in [0.2, 0.25) is 29.5 Å². The van der Waals surface area contributed by atoms with Gasteiger partial charge in [-0.3, -0.25) is 24.0 Å². The molecule has 6 atom stereocenters. The molecule has 11 N–H and O–H groups in total.